The van der Waals surface area contributed by atoms with Crippen LogP contribution in [0.2, 0.25) is 18.1 Å². The van der Waals surface area contributed by atoms with E-state index in [0.29, 0.717) is 12.3 Å². The van der Waals surface area contributed by atoms with Crippen molar-refractivity contribution in [3.05, 3.63) is 33.8 Å². The maximum atomic E-state index is 14.0. The van der Waals surface area contributed by atoms with Crippen LogP contribution in [-0.2, 0) is 23.5 Å². The second-order valence-electron chi connectivity index (χ2n) is 12.9. The van der Waals surface area contributed by atoms with Crippen LogP contribution < -0.4 is 0 Å². The fourth-order valence-electron chi connectivity index (χ4n) is 6.35. The highest BCUT2D eigenvalue weighted by atomic mass is 32.1. The quantitative estimate of drug-likeness (QED) is 0.231. The van der Waals surface area contributed by atoms with Gasteiger partial charge in [-0.1, -0.05) is 47.1 Å². The summed E-state index contributed by atoms with van der Waals surface area (Å²) in [6, 6.07) is 3.16. The number of ether oxygens (including phenoxy) is 2. The molecule has 6 nitrogen and oxygen atoms in total. The van der Waals surface area contributed by atoms with Crippen LogP contribution in [-0.4, -0.2) is 50.0 Å². The number of allylic oxidation sites excluding steroid dienone is 1. The average Bonchev–Trinajstić information content (AvgIpc) is 3.35. The van der Waals surface area contributed by atoms with E-state index in [1.165, 1.54) is 6.08 Å². The number of hydrogen-bond donors (Lipinski definition) is 0. The Morgan fingerprint density at radius 3 is 2.41 bits per heavy atom. The van der Waals surface area contributed by atoms with Crippen LogP contribution in [0.4, 0.5) is 0 Å². The van der Waals surface area contributed by atoms with E-state index in [4.69, 9.17) is 13.9 Å². The predicted molar refractivity (Wildman–Crippen MR) is 170 cm³/mol. The molecule has 0 spiro atoms. The Kier molecular flexibility index (Phi) is 12.2. The standard InChI is InChI=1S/C33H53NO5SSi/c1-10-41(11-2,12-3)39-31-22(4)14-13-15-26-20-37-29(26)19-28(23(5)18-27-21-40-25(7)34-27)38-30(35)16-17-33(8,9)32(36)24(31)6/h16-18,21-22,24,26,28-29,31H,10-15,19-20H2,1-9H3/t22-,24+,26+,28-,29+,31-/m1/s1. The van der Waals surface area contributed by atoms with Gasteiger partial charge in [-0.3, -0.25) is 4.79 Å². The number of cyclic esters (lactones) is 1. The molecular weight excluding hydrogens is 551 g/mol. The molecule has 1 aromatic heterocycles. The fraction of sp³-hybridized carbons (Fsp3) is 0.727. The zero-order chi connectivity index (χ0) is 30.4. The minimum absolute atomic E-state index is 0.0600. The van der Waals surface area contributed by atoms with E-state index in [1.807, 2.05) is 46.1 Å². The maximum absolute atomic E-state index is 14.0. The summed E-state index contributed by atoms with van der Waals surface area (Å²) in [5.41, 5.74) is 0.995. The van der Waals surface area contributed by atoms with E-state index in [9.17, 15) is 9.59 Å². The van der Waals surface area contributed by atoms with Gasteiger partial charge in [-0.2, -0.15) is 0 Å². The number of fused-ring (bicyclic) bond motifs is 1. The lowest BCUT2D eigenvalue weighted by atomic mass is 9.76. The summed E-state index contributed by atoms with van der Waals surface area (Å²) in [6.07, 6.45) is 8.43. The van der Waals surface area contributed by atoms with Crippen LogP contribution in [0, 0.1) is 30.1 Å². The smallest absolute Gasteiger partial charge is 0.331 e. The van der Waals surface area contributed by atoms with Gasteiger partial charge in [0.1, 0.15) is 11.9 Å². The normalized spacial score (nSPS) is 30.4. The van der Waals surface area contributed by atoms with E-state index in [1.54, 1.807) is 17.4 Å². The van der Waals surface area contributed by atoms with Crippen molar-refractivity contribution in [2.75, 3.05) is 6.61 Å². The predicted octanol–water partition coefficient (Wildman–Crippen LogP) is 8.17. The van der Waals surface area contributed by atoms with Gasteiger partial charge in [-0.05, 0) is 76.2 Å². The number of Topliss-reactive ketones (excluding diaryl/α,β-unsaturated/α-hetero) is 1. The van der Waals surface area contributed by atoms with Crippen molar-refractivity contribution in [2.24, 2.45) is 23.2 Å². The molecule has 6 atom stereocenters. The number of carbonyl (C=O) groups is 2. The van der Waals surface area contributed by atoms with Gasteiger partial charge in [0.2, 0.25) is 0 Å². The maximum Gasteiger partial charge on any atom is 0.331 e. The molecule has 41 heavy (non-hydrogen) atoms. The van der Waals surface area contributed by atoms with E-state index in [2.05, 4.69) is 32.7 Å². The van der Waals surface area contributed by atoms with Crippen LogP contribution in [0.15, 0.2) is 23.1 Å². The van der Waals surface area contributed by atoms with Crippen LogP contribution >= 0.6 is 11.3 Å². The number of hydrogen-bond acceptors (Lipinski definition) is 7. The summed E-state index contributed by atoms with van der Waals surface area (Å²) in [6.45, 7) is 19.5. The highest BCUT2D eigenvalue weighted by molar-refractivity contribution is 7.09. The lowest BCUT2D eigenvalue weighted by Gasteiger charge is -2.41. The molecule has 0 saturated carbocycles. The first kappa shape index (κ1) is 33.9. The SMILES string of the molecule is CC[Si](CC)(CC)O[C@@H]1[C@H](C)CCC[C@H]2CO[C@H]2C[C@H](C(C)=Cc2csc(C)n2)OC(=O)C=CC(C)(C)C(=O)[C@H]1C. The second-order valence-corrected chi connectivity index (χ2v) is 18.7. The molecule has 8 heteroatoms. The third-order valence-corrected chi connectivity index (χ3v) is 15.0. The van der Waals surface area contributed by atoms with Crippen molar-refractivity contribution in [3.8, 4) is 0 Å². The van der Waals surface area contributed by atoms with Crippen LogP contribution in [0.3, 0.4) is 0 Å². The fourth-order valence-corrected chi connectivity index (χ4v) is 9.93. The number of carbonyl (C=O) groups excluding carboxylic acids is 2. The van der Waals surface area contributed by atoms with Gasteiger partial charge in [-0.25, -0.2) is 9.78 Å². The summed E-state index contributed by atoms with van der Waals surface area (Å²) >= 11 is 1.60. The van der Waals surface area contributed by atoms with E-state index >= 15 is 0 Å². The third kappa shape index (κ3) is 8.71. The second kappa shape index (κ2) is 14.7. The largest absolute Gasteiger partial charge is 0.455 e. The molecule has 1 aromatic rings. The first-order valence-electron chi connectivity index (χ1n) is 15.7. The summed E-state index contributed by atoms with van der Waals surface area (Å²) in [5, 5.41) is 3.01. The van der Waals surface area contributed by atoms with Crippen molar-refractivity contribution >= 4 is 37.5 Å². The Bertz CT molecular complexity index is 1080. The van der Waals surface area contributed by atoms with Crippen molar-refractivity contribution in [1.29, 1.82) is 0 Å². The number of thiazole rings is 1. The number of rotatable bonds is 7. The molecule has 1 fully saturated rings. The average molecular weight is 604 g/mol. The van der Waals surface area contributed by atoms with Gasteiger partial charge in [0, 0.05) is 35.1 Å². The summed E-state index contributed by atoms with van der Waals surface area (Å²) < 4.78 is 19.1. The molecule has 2 aliphatic heterocycles. The molecule has 230 valence electrons. The highest BCUT2D eigenvalue weighted by Crippen LogP contribution is 2.37. The molecule has 3 heterocycles. The van der Waals surface area contributed by atoms with Gasteiger partial charge in [-0.15, -0.1) is 11.3 Å². The lowest BCUT2D eigenvalue weighted by molar-refractivity contribution is -0.153. The molecule has 1 saturated heterocycles. The van der Waals surface area contributed by atoms with Crippen LogP contribution in [0.1, 0.15) is 91.8 Å². The van der Waals surface area contributed by atoms with E-state index in [-0.39, 0.29) is 29.8 Å². The van der Waals surface area contributed by atoms with Crippen molar-refractivity contribution < 1.29 is 23.5 Å². The molecule has 0 amide bonds. The summed E-state index contributed by atoms with van der Waals surface area (Å²) in [4.78, 5) is 31.6. The number of ketones is 1. The van der Waals surface area contributed by atoms with Crippen LogP contribution in [0.5, 0.6) is 0 Å². The molecule has 0 aliphatic carbocycles. The number of aryl methyl sites for hydroxylation is 1. The zero-order valence-electron chi connectivity index (χ0n) is 26.8. The lowest BCUT2D eigenvalue weighted by Crippen LogP contribution is -2.48. The topological polar surface area (TPSA) is 74.7 Å². The number of nitrogens with zero attached hydrogens (tertiary/aromatic N) is 1. The van der Waals surface area contributed by atoms with Crippen molar-refractivity contribution in [2.45, 2.75) is 124 Å². The van der Waals surface area contributed by atoms with Gasteiger partial charge in [0.25, 0.3) is 0 Å². The zero-order valence-corrected chi connectivity index (χ0v) is 28.6. The molecule has 0 aromatic carbocycles. The van der Waals surface area contributed by atoms with Gasteiger partial charge >= 0.3 is 5.97 Å². The minimum Gasteiger partial charge on any atom is -0.455 e. The van der Waals surface area contributed by atoms with Gasteiger partial charge in [0.05, 0.1) is 29.5 Å². The van der Waals surface area contributed by atoms with Crippen molar-refractivity contribution in [1.82, 2.24) is 4.98 Å². The monoisotopic (exact) mass is 603 g/mol. The molecule has 0 N–H and O–H groups in total. The van der Waals surface area contributed by atoms with E-state index in [0.717, 1.165) is 60.3 Å². The first-order valence-corrected chi connectivity index (χ1v) is 19.1. The van der Waals surface area contributed by atoms with E-state index < -0.39 is 25.8 Å². The highest BCUT2D eigenvalue weighted by Gasteiger charge is 2.42. The van der Waals surface area contributed by atoms with Gasteiger partial charge < -0.3 is 13.9 Å². The summed E-state index contributed by atoms with van der Waals surface area (Å²) in [7, 11) is -1.93. The third-order valence-electron chi connectivity index (χ3n) is 9.57. The molecule has 3 rings (SSSR count). The Morgan fingerprint density at radius 2 is 1.85 bits per heavy atom. The molecule has 0 bridgehead atoms. The molecule has 2 aliphatic rings. The Morgan fingerprint density at radius 1 is 1.17 bits per heavy atom. The van der Waals surface area contributed by atoms with Crippen LogP contribution in [0.25, 0.3) is 6.08 Å². The molecular formula is C33H53NO5SSi. The minimum atomic E-state index is -1.93. The Hall–Kier alpha value is -1.61. The summed E-state index contributed by atoms with van der Waals surface area (Å²) in [5.74, 6) is 0.0975. The Labute approximate surface area is 253 Å². The molecule has 0 unspecified atom stereocenters. The number of esters is 1. The first-order chi connectivity index (χ1) is 19.3. The number of aromatic nitrogens is 1. The van der Waals surface area contributed by atoms with Gasteiger partial charge in [0.15, 0.2) is 8.32 Å². The molecule has 0 radical (unpaired) electrons. The van der Waals surface area contributed by atoms with Crippen molar-refractivity contribution in [3.63, 3.8) is 0 Å². The Balaban J connectivity index is 1.91.